The zero-order chi connectivity index (χ0) is 17.4. The Kier molecular flexibility index (Phi) is 3.76. The Hall–Kier alpha value is -3.08. The van der Waals surface area contributed by atoms with Crippen molar-refractivity contribution in [3.05, 3.63) is 71.4 Å². The number of para-hydroxylation sites is 1. The van der Waals surface area contributed by atoms with E-state index in [0.29, 0.717) is 13.0 Å². The Bertz CT molecular complexity index is 946. The van der Waals surface area contributed by atoms with Crippen LogP contribution in [0.15, 0.2) is 54.6 Å². The maximum Gasteiger partial charge on any atom is 0.326 e. The summed E-state index contributed by atoms with van der Waals surface area (Å²) in [6.07, 6.45) is 0.537. The third kappa shape index (κ3) is 2.78. The highest BCUT2D eigenvalue weighted by Gasteiger charge is 2.36. The molecular weight excluding hydrogens is 316 g/mol. The van der Waals surface area contributed by atoms with Crippen LogP contribution in [0.4, 0.5) is 0 Å². The molecule has 0 saturated carbocycles. The SMILES string of the molecule is O=C(O)C1Cc2c([nH]c3ccccc23)CN1C(=O)Cc1ccccc1. The molecule has 1 aromatic heterocycles. The van der Waals surface area contributed by atoms with Gasteiger partial charge in [0, 0.05) is 23.0 Å². The summed E-state index contributed by atoms with van der Waals surface area (Å²) in [4.78, 5) is 29.4. The molecule has 5 nitrogen and oxygen atoms in total. The molecule has 1 unspecified atom stereocenters. The van der Waals surface area contributed by atoms with Crippen molar-refractivity contribution in [1.29, 1.82) is 0 Å². The van der Waals surface area contributed by atoms with Gasteiger partial charge in [0.05, 0.1) is 13.0 Å². The van der Waals surface area contributed by atoms with Crippen LogP contribution in [-0.2, 0) is 29.0 Å². The van der Waals surface area contributed by atoms with Gasteiger partial charge in [-0.05, 0) is 17.2 Å². The van der Waals surface area contributed by atoms with Crippen LogP contribution in [0, 0.1) is 0 Å². The van der Waals surface area contributed by atoms with Crippen LogP contribution in [0.2, 0.25) is 0 Å². The molecule has 0 radical (unpaired) electrons. The van der Waals surface area contributed by atoms with Gasteiger partial charge in [0.2, 0.25) is 5.91 Å². The third-order valence-corrected chi connectivity index (χ3v) is 4.81. The number of rotatable bonds is 3. The molecule has 0 bridgehead atoms. The van der Waals surface area contributed by atoms with Crippen LogP contribution in [0.25, 0.3) is 10.9 Å². The van der Waals surface area contributed by atoms with Crippen molar-refractivity contribution in [2.24, 2.45) is 0 Å². The molecule has 126 valence electrons. The average Bonchev–Trinajstić information content (AvgIpc) is 2.99. The van der Waals surface area contributed by atoms with Crippen molar-refractivity contribution in [1.82, 2.24) is 9.88 Å². The van der Waals surface area contributed by atoms with Gasteiger partial charge in [0.1, 0.15) is 6.04 Å². The van der Waals surface area contributed by atoms with Crippen molar-refractivity contribution < 1.29 is 14.7 Å². The number of H-pyrrole nitrogens is 1. The largest absolute Gasteiger partial charge is 0.480 e. The van der Waals surface area contributed by atoms with Crippen LogP contribution in [-0.4, -0.2) is 32.9 Å². The molecule has 25 heavy (non-hydrogen) atoms. The number of carbonyl (C=O) groups excluding carboxylic acids is 1. The topological polar surface area (TPSA) is 73.4 Å². The number of aliphatic carboxylic acids is 1. The average molecular weight is 334 g/mol. The highest BCUT2D eigenvalue weighted by atomic mass is 16.4. The first-order chi connectivity index (χ1) is 12.1. The minimum atomic E-state index is -0.961. The van der Waals surface area contributed by atoms with E-state index in [1.807, 2.05) is 54.6 Å². The van der Waals surface area contributed by atoms with E-state index in [2.05, 4.69) is 4.98 Å². The van der Waals surface area contributed by atoms with Crippen molar-refractivity contribution >= 4 is 22.8 Å². The minimum Gasteiger partial charge on any atom is -0.480 e. The van der Waals surface area contributed by atoms with E-state index < -0.39 is 12.0 Å². The second kappa shape index (κ2) is 6.09. The fraction of sp³-hybridized carbons (Fsp3) is 0.200. The van der Waals surface area contributed by atoms with Gasteiger partial charge in [-0.3, -0.25) is 4.79 Å². The molecule has 3 aromatic rings. The Labute approximate surface area is 144 Å². The maximum atomic E-state index is 12.8. The van der Waals surface area contributed by atoms with E-state index >= 15 is 0 Å². The molecule has 4 rings (SSSR count). The first kappa shape index (κ1) is 15.4. The predicted octanol–water partition coefficient (Wildman–Crippen LogP) is 2.75. The van der Waals surface area contributed by atoms with Crippen molar-refractivity contribution in [3.8, 4) is 0 Å². The Balaban J connectivity index is 1.67. The lowest BCUT2D eigenvalue weighted by molar-refractivity contribution is -0.151. The zero-order valence-electron chi connectivity index (χ0n) is 13.6. The van der Waals surface area contributed by atoms with Gasteiger partial charge in [-0.2, -0.15) is 0 Å². The van der Waals surface area contributed by atoms with Crippen LogP contribution in [0.3, 0.4) is 0 Å². The van der Waals surface area contributed by atoms with E-state index in [9.17, 15) is 14.7 Å². The quantitative estimate of drug-likeness (QED) is 0.773. The number of carbonyl (C=O) groups is 2. The monoisotopic (exact) mass is 334 g/mol. The van der Waals surface area contributed by atoms with Gasteiger partial charge in [-0.25, -0.2) is 4.79 Å². The molecule has 0 fully saturated rings. The van der Waals surface area contributed by atoms with Gasteiger partial charge >= 0.3 is 5.97 Å². The van der Waals surface area contributed by atoms with E-state index in [-0.39, 0.29) is 12.3 Å². The fourth-order valence-electron chi connectivity index (χ4n) is 3.56. The molecule has 2 N–H and O–H groups in total. The third-order valence-electron chi connectivity index (χ3n) is 4.81. The smallest absolute Gasteiger partial charge is 0.326 e. The summed E-state index contributed by atoms with van der Waals surface area (Å²) in [6, 6.07) is 16.4. The number of nitrogens with one attached hydrogen (secondary N) is 1. The van der Waals surface area contributed by atoms with Gasteiger partial charge in [0.15, 0.2) is 0 Å². The number of aromatic amines is 1. The normalized spacial score (nSPS) is 16.6. The summed E-state index contributed by atoms with van der Waals surface area (Å²) in [5.41, 5.74) is 3.81. The number of carboxylic acids is 1. The Morgan fingerprint density at radius 3 is 2.56 bits per heavy atom. The van der Waals surface area contributed by atoms with Crippen LogP contribution >= 0.6 is 0 Å². The first-order valence-corrected chi connectivity index (χ1v) is 8.28. The number of hydrogen-bond donors (Lipinski definition) is 2. The number of nitrogens with zero attached hydrogens (tertiary/aromatic N) is 1. The Morgan fingerprint density at radius 1 is 1.08 bits per heavy atom. The molecule has 2 heterocycles. The lowest BCUT2D eigenvalue weighted by Crippen LogP contribution is -2.49. The molecule has 0 saturated heterocycles. The highest BCUT2D eigenvalue weighted by Crippen LogP contribution is 2.30. The highest BCUT2D eigenvalue weighted by molar-refractivity contribution is 5.89. The van der Waals surface area contributed by atoms with Crippen molar-refractivity contribution in [3.63, 3.8) is 0 Å². The summed E-state index contributed by atoms with van der Waals surface area (Å²) in [5, 5.41) is 10.7. The molecule has 1 aliphatic rings. The standard InChI is InChI=1S/C20H18N2O3/c23-19(10-13-6-2-1-3-7-13)22-12-17-15(11-18(22)20(24)25)14-8-4-5-9-16(14)21-17/h1-9,18,21H,10-12H2,(H,24,25). The molecule has 5 heteroatoms. The van der Waals surface area contributed by atoms with E-state index in [1.165, 1.54) is 4.90 Å². The summed E-state index contributed by atoms with van der Waals surface area (Å²) in [6.45, 7) is 0.298. The minimum absolute atomic E-state index is 0.164. The number of carboxylic acid groups (broad SMARTS) is 1. The first-order valence-electron chi connectivity index (χ1n) is 8.28. The summed E-state index contributed by atoms with van der Waals surface area (Å²) >= 11 is 0. The summed E-state index contributed by atoms with van der Waals surface area (Å²) < 4.78 is 0. The predicted molar refractivity (Wildman–Crippen MR) is 94.1 cm³/mol. The van der Waals surface area contributed by atoms with Crippen molar-refractivity contribution in [2.45, 2.75) is 25.4 Å². The van der Waals surface area contributed by atoms with Gasteiger partial charge < -0.3 is 15.0 Å². The van der Waals surface area contributed by atoms with Crippen LogP contribution < -0.4 is 0 Å². The molecular formula is C20H18N2O3. The van der Waals surface area contributed by atoms with Crippen LogP contribution in [0.1, 0.15) is 16.8 Å². The van der Waals surface area contributed by atoms with Crippen LogP contribution in [0.5, 0.6) is 0 Å². The second-order valence-electron chi connectivity index (χ2n) is 6.37. The van der Waals surface area contributed by atoms with E-state index in [1.54, 1.807) is 0 Å². The summed E-state index contributed by atoms with van der Waals surface area (Å²) in [5.74, 6) is -1.12. The van der Waals surface area contributed by atoms with Gasteiger partial charge in [0.25, 0.3) is 0 Å². The number of fused-ring (bicyclic) bond motifs is 3. The molecule has 0 aliphatic carbocycles. The lowest BCUT2D eigenvalue weighted by Gasteiger charge is -2.33. The number of amides is 1. The zero-order valence-corrected chi connectivity index (χ0v) is 13.6. The molecule has 1 atom stereocenters. The lowest BCUT2D eigenvalue weighted by atomic mass is 9.96. The number of aromatic nitrogens is 1. The van der Waals surface area contributed by atoms with E-state index in [4.69, 9.17) is 0 Å². The molecule has 1 aliphatic heterocycles. The fourth-order valence-corrected chi connectivity index (χ4v) is 3.56. The van der Waals surface area contributed by atoms with Crippen molar-refractivity contribution in [2.75, 3.05) is 0 Å². The van der Waals surface area contributed by atoms with Gasteiger partial charge in [-0.15, -0.1) is 0 Å². The second-order valence-corrected chi connectivity index (χ2v) is 6.37. The molecule has 0 spiro atoms. The van der Waals surface area contributed by atoms with E-state index in [0.717, 1.165) is 27.7 Å². The molecule has 2 aromatic carbocycles. The van der Waals surface area contributed by atoms with Gasteiger partial charge in [-0.1, -0.05) is 48.5 Å². The Morgan fingerprint density at radius 2 is 1.80 bits per heavy atom. The number of benzene rings is 2. The number of hydrogen-bond acceptors (Lipinski definition) is 2. The summed E-state index contributed by atoms with van der Waals surface area (Å²) in [7, 11) is 0. The maximum absolute atomic E-state index is 12.8. The molecule has 1 amide bonds.